The fourth-order valence-corrected chi connectivity index (χ4v) is 3.38. The van der Waals surface area contributed by atoms with E-state index in [0.29, 0.717) is 5.56 Å². The average molecular weight is 410 g/mol. The van der Waals surface area contributed by atoms with Crippen molar-refractivity contribution in [1.29, 1.82) is 0 Å². The van der Waals surface area contributed by atoms with Crippen molar-refractivity contribution < 1.29 is 22.7 Å². The fraction of sp³-hybridized carbons (Fsp3) is 0.421. The van der Waals surface area contributed by atoms with Gasteiger partial charge >= 0.3 is 6.61 Å². The summed E-state index contributed by atoms with van der Waals surface area (Å²) in [7, 11) is 3.30. The van der Waals surface area contributed by atoms with E-state index >= 15 is 0 Å². The van der Waals surface area contributed by atoms with Crippen LogP contribution in [0.1, 0.15) is 41.9 Å². The first-order chi connectivity index (χ1) is 13.5. The van der Waals surface area contributed by atoms with Gasteiger partial charge in [-0.2, -0.15) is 8.78 Å². The highest BCUT2D eigenvalue weighted by Gasteiger charge is 2.48. The molecule has 10 heteroatoms. The molecule has 0 aliphatic heterocycles. The van der Waals surface area contributed by atoms with Gasteiger partial charge in [0.2, 0.25) is 5.95 Å². The minimum absolute atomic E-state index is 0.178. The van der Waals surface area contributed by atoms with Crippen LogP contribution in [0.2, 0.25) is 0 Å². The number of alkyl halides is 2. The molecule has 0 saturated heterocycles. The van der Waals surface area contributed by atoms with Crippen molar-refractivity contribution in [3.8, 4) is 5.75 Å². The zero-order valence-corrected chi connectivity index (χ0v) is 16.2. The van der Waals surface area contributed by atoms with E-state index in [1.807, 2.05) is 6.92 Å². The first-order valence-corrected chi connectivity index (χ1v) is 8.88. The second-order valence-electron chi connectivity index (χ2n) is 7.53. The standard InChI is InChI=1S/C19H21F3N4O3/c1-19(6-7-19)15(10-4-5-13(11(20)8-10)29-17(21)22)26-14(27)9-12(16(23)28)24-18(26)25(2)3/h4-5,8-9,15,17H,6-7H2,1-3H3,(H2,23,28)/t15-/m0/s1. The van der Waals surface area contributed by atoms with Crippen LogP contribution in [0.25, 0.3) is 0 Å². The van der Waals surface area contributed by atoms with Gasteiger partial charge in [-0.05, 0) is 36.0 Å². The molecule has 3 rings (SSSR count). The number of nitrogens with two attached hydrogens (primary N) is 1. The summed E-state index contributed by atoms with van der Waals surface area (Å²) in [5.74, 6) is -2.20. The van der Waals surface area contributed by atoms with Crippen molar-refractivity contribution in [2.45, 2.75) is 32.4 Å². The molecule has 1 amide bonds. The first-order valence-electron chi connectivity index (χ1n) is 8.88. The number of nitrogens with zero attached hydrogens (tertiary/aromatic N) is 3. The predicted octanol–water partition coefficient (Wildman–Crippen LogP) is 2.54. The molecule has 1 atom stereocenters. The highest BCUT2D eigenvalue weighted by molar-refractivity contribution is 5.90. The monoisotopic (exact) mass is 410 g/mol. The van der Waals surface area contributed by atoms with Gasteiger partial charge in [-0.3, -0.25) is 14.2 Å². The van der Waals surface area contributed by atoms with Crippen LogP contribution >= 0.6 is 0 Å². The first kappa shape index (κ1) is 20.7. The van der Waals surface area contributed by atoms with Crippen molar-refractivity contribution in [3.63, 3.8) is 0 Å². The Morgan fingerprint density at radius 2 is 1.97 bits per heavy atom. The lowest BCUT2D eigenvalue weighted by Crippen LogP contribution is -2.36. The molecule has 2 aromatic rings. The number of anilines is 1. The number of rotatable bonds is 7. The van der Waals surface area contributed by atoms with E-state index in [4.69, 9.17) is 5.73 Å². The fourth-order valence-electron chi connectivity index (χ4n) is 3.38. The maximum Gasteiger partial charge on any atom is 0.387 e. The van der Waals surface area contributed by atoms with E-state index in [0.717, 1.165) is 31.0 Å². The van der Waals surface area contributed by atoms with Gasteiger partial charge in [-0.15, -0.1) is 0 Å². The molecule has 1 aromatic carbocycles. The molecule has 2 N–H and O–H groups in total. The van der Waals surface area contributed by atoms with E-state index in [-0.39, 0.29) is 17.1 Å². The normalized spacial score (nSPS) is 15.8. The van der Waals surface area contributed by atoms with Crippen LogP contribution in [0.5, 0.6) is 5.75 Å². The molecule has 7 nitrogen and oxygen atoms in total. The van der Waals surface area contributed by atoms with E-state index in [1.165, 1.54) is 10.6 Å². The molecule has 156 valence electrons. The molecule has 0 unspecified atom stereocenters. The minimum Gasteiger partial charge on any atom is -0.432 e. The van der Waals surface area contributed by atoms with Gasteiger partial charge in [0.25, 0.3) is 11.5 Å². The number of primary amides is 1. The molecule has 1 fully saturated rings. The van der Waals surface area contributed by atoms with Gasteiger partial charge in [0.05, 0.1) is 6.04 Å². The summed E-state index contributed by atoms with van der Waals surface area (Å²) in [5, 5.41) is 0. The zero-order chi connectivity index (χ0) is 21.5. The van der Waals surface area contributed by atoms with Crippen LogP contribution in [0.3, 0.4) is 0 Å². The predicted molar refractivity (Wildman–Crippen MR) is 99.9 cm³/mol. The summed E-state index contributed by atoms with van der Waals surface area (Å²) in [6.07, 6.45) is 1.54. The summed E-state index contributed by atoms with van der Waals surface area (Å²) < 4.78 is 44.8. The molecule has 0 spiro atoms. The Balaban J connectivity index is 2.19. The van der Waals surface area contributed by atoms with Crippen LogP contribution in [0.15, 0.2) is 29.1 Å². The lowest BCUT2D eigenvalue weighted by Gasteiger charge is -2.30. The van der Waals surface area contributed by atoms with Crippen molar-refractivity contribution in [1.82, 2.24) is 9.55 Å². The number of hydrogen-bond acceptors (Lipinski definition) is 5. The number of halogens is 3. The van der Waals surface area contributed by atoms with Crippen molar-refractivity contribution in [2.24, 2.45) is 11.1 Å². The van der Waals surface area contributed by atoms with Crippen LogP contribution in [0, 0.1) is 11.2 Å². The average Bonchev–Trinajstić information content (AvgIpc) is 3.36. The Bertz CT molecular complexity index is 1000. The SMILES string of the molecule is CN(C)c1nc(C(N)=O)cc(=O)n1[C@@H](c1ccc(OC(F)F)c(F)c1)C1(C)CC1. The molecular weight excluding hydrogens is 389 g/mol. The zero-order valence-electron chi connectivity index (χ0n) is 16.2. The smallest absolute Gasteiger partial charge is 0.387 e. The summed E-state index contributed by atoms with van der Waals surface area (Å²) in [4.78, 5) is 30.2. The van der Waals surface area contributed by atoms with Crippen LogP contribution in [0.4, 0.5) is 19.1 Å². The van der Waals surface area contributed by atoms with Crippen molar-refractivity contribution in [3.05, 3.63) is 51.7 Å². The third-order valence-corrected chi connectivity index (χ3v) is 5.03. The third kappa shape index (κ3) is 4.06. The third-order valence-electron chi connectivity index (χ3n) is 5.03. The molecular formula is C19H21F3N4O3. The van der Waals surface area contributed by atoms with Gasteiger partial charge in [-0.1, -0.05) is 13.0 Å². The second kappa shape index (κ2) is 7.41. The van der Waals surface area contributed by atoms with E-state index in [1.54, 1.807) is 19.0 Å². The number of hydrogen-bond donors (Lipinski definition) is 1. The number of aromatic nitrogens is 2. The summed E-state index contributed by atoms with van der Waals surface area (Å²) in [6, 6.07) is 4.06. The van der Waals surface area contributed by atoms with Gasteiger partial charge in [-0.25, -0.2) is 9.37 Å². The molecule has 0 bridgehead atoms. The van der Waals surface area contributed by atoms with Crippen LogP contribution in [-0.4, -0.2) is 36.2 Å². The maximum absolute atomic E-state index is 14.4. The minimum atomic E-state index is -3.15. The Morgan fingerprint density at radius 1 is 1.31 bits per heavy atom. The van der Waals surface area contributed by atoms with Crippen molar-refractivity contribution in [2.75, 3.05) is 19.0 Å². The van der Waals surface area contributed by atoms with Gasteiger partial charge in [0, 0.05) is 20.2 Å². The second-order valence-corrected chi connectivity index (χ2v) is 7.53. The number of carbonyl (C=O) groups is 1. The molecule has 0 radical (unpaired) electrons. The van der Waals surface area contributed by atoms with Crippen molar-refractivity contribution >= 4 is 11.9 Å². The van der Waals surface area contributed by atoms with Crippen LogP contribution in [-0.2, 0) is 0 Å². The molecule has 1 aliphatic carbocycles. The maximum atomic E-state index is 14.4. The Labute approximate surface area is 164 Å². The Hall–Kier alpha value is -3.04. The van der Waals surface area contributed by atoms with Gasteiger partial charge < -0.3 is 15.4 Å². The topological polar surface area (TPSA) is 90.5 Å². The van der Waals surface area contributed by atoms with Gasteiger partial charge in [0.1, 0.15) is 5.69 Å². The lowest BCUT2D eigenvalue weighted by molar-refractivity contribution is -0.0522. The highest BCUT2D eigenvalue weighted by atomic mass is 19.3. The van der Waals surface area contributed by atoms with E-state index < -0.39 is 35.7 Å². The van der Waals surface area contributed by atoms with Crippen LogP contribution < -0.4 is 20.9 Å². The summed E-state index contributed by atoms with van der Waals surface area (Å²) in [6.45, 7) is -1.21. The lowest BCUT2D eigenvalue weighted by atomic mass is 9.91. The number of carbonyl (C=O) groups excluding carboxylic acids is 1. The number of ether oxygens (including phenoxy) is 1. The van der Waals surface area contributed by atoms with E-state index in [9.17, 15) is 22.8 Å². The van der Waals surface area contributed by atoms with Gasteiger partial charge in [0.15, 0.2) is 11.6 Å². The molecule has 29 heavy (non-hydrogen) atoms. The number of benzene rings is 1. The summed E-state index contributed by atoms with van der Waals surface area (Å²) >= 11 is 0. The molecule has 1 heterocycles. The Morgan fingerprint density at radius 3 is 2.45 bits per heavy atom. The quantitative estimate of drug-likeness (QED) is 0.758. The Kier molecular flexibility index (Phi) is 5.29. The summed E-state index contributed by atoms with van der Waals surface area (Å²) in [5.41, 5.74) is 4.60. The molecule has 1 aromatic heterocycles. The molecule has 1 aliphatic rings. The largest absolute Gasteiger partial charge is 0.432 e. The van der Waals surface area contributed by atoms with E-state index in [2.05, 4.69) is 9.72 Å². The molecule has 1 saturated carbocycles. The highest BCUT2D eigenvalue weighted by Crippen LogP contribution is 2.56. The number of amides is 1.